The molecule has 5 heteroatoms. The molecule has 0 fully saturated rings. The highest BCUT2D eigenvalue weighted by Gasteiger charge is 2.38. The number of benzene rings is 8. The molecule has 2 aromatic heterocycles. The molecule has 62 heavy (non-hydrogen) atoms. The second-order valence-electron chi connectivity index (χ2n) is 16.0. The third kappa shape index (κ3) is 5.97. The standard InChI is InChI=1S/C57H39N5/c1-4-18-38(19-5-1)41-34-35-53(61-50-31-13-10-26-45(50)46-27-11-14-32-51(46)61)49(37-41)42-24-16-25-43(36-42)56-58-55(40-22-8-3-9-23-40)59-57(60-56)62-52-33-15-12-28-47(52)48-30-17-29-44(54(48)62)39-20-6-2-7-21-39/h1-37,45,50H. The molecule has 2 atom stereocenters. The van der Waals surface area contributed by atoms with Crippen LogP contribution in [-0.4, -0.2) is 25.6 Å². The molecule has 0 bridgehead atoms. The summed E-state index contributed by atoms with van der Waals surface area (Å²) in [6, 6.07) is 71.1. The number of rotatable bonds is 7. The van der Waals surface area contributed by atoms with Crippen molar-refractivity contribution < 1.29 is 0 Å². The Morgan fingerprint density at radius 3 is 1.84 bits per heavy atom. The van der Waals surface area contributed by atoms with Gasteiger partial charge in [-0.25, -0.2) is 4.98 Å². The molecular weight excluding hydrogens is 755 g/mol. The first-order chi connectivity index (χ1) is 30.8. The number of hydrogen-bond donors (Lipinski definition) is 0. The van der Waals surface area contributed by atoms with Crippen molar-refractivity contribution in [2.45, 2.75) is 12.0 Å². The summed E-state index contributed by atoms with van der Waals surface area (Å²) in [6.45, 7) is 0. The topological polar surface area (TPSA) is 46.8 Å². The van der Waals surface area contributed by atoms with Crippen LogP contribution in [-0.2, 0) is 0 Å². The number of aromatic nitrogens is 4. The molecule has 0 spiro atoms. The first-order valence-electron chi connectivity index (χ1n) is 21.2. The van der Waals surface area contributed by atoms with E-state index in [1.54, 1.807) is 0 Å². The summed E-state index contributed by atoms with van der Waals surface area (Å²) in [5.41, 5.74) is 14.5. The van der Waals surface area contributed by atoms with Crippen LogP contribution in [0.3, 0.4) is 0 Å². The number of anilines is 2. The number of allylic oxidation sites excluding steroid dienone is 2. The van der Waals surface area contributed by atoms with Gasteiger partial charge in [0.15, 0.2) is 11.6 Å². The molecule has 1 aliphatic heterocycles. The van der Waals surface area contributed by atoms with Crippen molar-refractivity contribution in [2.75, 3.05) is 4.90 Å². The fourth-order valence-corrected chi connectivity index (χ4v) is 9.57. The third-order valence-electron chi connectivity index (χ3n) is 12.4. The molecule has 10 aromatic rings. The molecule has 2 aliphatic rings. The van der Waals surface area contributed by atoms with Crippen LogP contribution in [0.25, 0.3) is 83.9 Å². The second-order valence-corrected chi connectivity index (χ2v) is 16.0. The van der Waals surface area contributed by atoms with Gasteiger partial charge in [0, 0.05) is 50.3 Å². The van der Waals surface area contributed by atoms with Crippen LogP contribution in [0.5, 0.6) is 0 Å². The van der Waals surface area contributed by atoms with E-state index in [1.807, 2.05) is 18.2 Å². The number of hydrogen-bond acceptors (Lipinski definition) is 4. The third-order valence-corrected chi connectivity index (χ3v) is 12.4. The lowest BCUT2D eigenvalue weighted by Crippen LogP contribution is -2.28. The van der Waals surface area contributed by atoms with Crippen molar-refractivity contribution in [1.82, 2.24) is 19.5 Å². The molecule has 3 heterocycles. The quantitative estimate of drug-likeness (QED) is 0.161. The van der Waals surface area contributed by atoms with Gasteiger partial charge >= 0.3 is 0 Å². The lowest BCUT2D eigenvalue weighted by Gasteiger charge is -2.31. The van der Waals surface area contributed by atoms with Gasteiger partial charge in [0.05, 0.1) is 17.1 Å². The summed E-state index contributed by atoms with van der Waals surface area (Å²) in [6.07, 6.45) is 9.04. The molecular formula is C57H39N5. The van der Waals surface area contributed by atoms with E-state index in [9.17, 15) is 0 Å². The summed E-state index contributed by atoms with van der Waals surface area (Å²) in [4.78, 5) is 18.5. The van der Waals surface area contributed by atoms with Gasteiger partial charge in [0.25, 0.3) is 0 Å². The van der Waals surface area contributed by atoms with Crippen LogP contribution in [0.1, 0.15) is 11.5 Å². The normalized spacial score (nSPS) is 15.3. The van der Waals surface area contributed by atoms with Gasteiger partial charge in [0.1, 0.15) is 0 Å². The van der Waals surface area contributed by atoms with Crippen LogP contribution in [0.2, 0.25) is 0 Å². The summed E-state index contributed by atoms with van der Waals surface area (Å²) in [5, 5.41) is 2.29. The summed E-state index contributed by atoms with van der Waals surface area (Å²) in [7, 11) is 0. The Bertz CT molecular complexity index is 3370. The van der Waals surface area contributed by atoms with Crippen molar-refractivity contribution >= 4 is 33.2 Å². The Labute approximate surface area is 360 Å². The van der Waals surface area contributed by atoms with Crippen LogP contribution in [0, 0.1) is 0 Å². The fraction of sp³-hybridized carbons (Fsp3) is 0.0351. The highest BCUT2D eigenvalue weighted by molar-refractivity contribution is 6.13. The van der Waals surface area contributed by atoms with Crippen LogP contribution in [0.15, 0.2) is 224 Å². The minimum atomic E-state index is 0.161. The van der Waals surface area contributed by atoms with E-state index in [0.717, 1.165) is 66.4 Å². The van der Waals surface area contributed by atoms with E-state index in [0.29, 0.717) is 17.6 Å². The number of fused-ring (bicyclic) bond motifs is 6. The minimum Gasteiger partial charge on any atom is -0.333 e. The first kappa shape index (κ1) is 35.8. The molecule has 1 aliphatic carbocycles. The molecule has 0 saturated carbocycles. The highest BCUT2D eigenvalue weighted by atomic mass is 15.2. The maximum atomic E-state index is 5.40. The predicted octanol–water partition coefficient (Wildman–Crippen LogP) is 14.0. The van der Waals surface area contributed by atoms with Gasteiger partial charge in [-0.1, -0.05) is 194 Å². The second kappa shape index (κ2) is 14.8. The molecule has 12 rings (SSSR count). The van der Waals surface area contributed by atoms with Crippen molar-refractivity contribution in [3.63, 3.8) is 0 Å². The molecule has 0 amide bonds. The lowest BCUT2D eigenvalue weighted by molar-refractivity contribution is 0.745. The monoisotopic (exact) mass is 793 g/mol. The summed E-state index contributed by atoms with van der Waals surface area (Å²) >= 11 is 0. The molecule has 0 radical (unpaired) electrons. The van der Waals surface area contributed by atoms with Gasteiger partial charge in [-0.05, 0) is 58.1 Å². The average Bonchev–Trinajstić information content (AvgIpc) is 3.88. The molecule has 8 aromatic carbocycles. The first-order valence-corrected chi connectivity index (χ1v) is 21.2. The van der Waals surface area contributed by atoms with E-state index < -0.39 is 0 Å². The zero-order valence-corrected chi connectivity index (χ0v) is 33.8. The maximum Gasteiger partial charge on any atom is 0.238 e. The fourth-order valence-electron chi connectivity index (χ4n) is 9.57. The maximum absolute atomic E-state index is 5.40. The van der Waals surface area contributed by atoms with Gasteiger partial charge in [-0.15, -0.1) is 0 Å². The molecule has 292 valence electrons. The van der Waals surface area contributed by atoms with Crippen LogP contribution >= 0.6 is 0 Å². The number of nitrogens with zero attached hydrogens (tertiary/aromatic N) is 5. The smallest absolute Gasteiger partial charge is 0.238 e. The van der Waals surface area contributed by atoms with E-state index in [1.165, 1.54) is 16.8 Å². The minimum absolute atomic E-state index is 0.161. The van der Waals surface area contributed by atoms with E-state index in [-0.39, 0.29) is 12.0 Å². The Morgan fingerprint density at radius 2 is 1.02 bits per heavy atom. The van der Waals surface area contributed by atoms with Crippen molar-refractivity contribution in [3.8, 4) is 62.1 Å². The Hall–Kier alpha value is -8.15. The summed E-state index contributed by atoms with van der Waals surface area (Å²) in [5.74, 6) is 2.05. The largest absolute Gasteiger partial charge is 0.333 e. The van der Waals surface area contributed by atoms with E-state index in [4.69, 9.17) is 15.0 Å². The molecule has 2 unspecified atom stereocenters. The van der Waals surface area contributed by atoms with Gasteiger partial charge in [0.2, 0.25) is 5.95 Å². The number of para-hydroxylation sites is 3. The van der Waals surface area contributed by atoms with Gasteiger partial charge in [-0.2, -0.15) is 9.97 Å². The van der Waals surface area contributed by atoms with E-state index in [2.05, 4.69) is 216 Å². The van der Waals surface area contributed by atoms with Crippen molar-refractivity contribution in [1.29, 1.82) is 0 Å². The van der Waals surface area contributed by atoms with Gasteiger partial charge < -0.3 is 4.90 Å². The van der Waals surface area contributed by atoms with E-state index >= 15 is 0 Å². The lowest BCUT2D eigenvalue weighted by atomic mass is 9.91. The average molecular weight is 794 g/mol. The van der Waals surface area contributed by atoms with Crippen molar-refractivity contribution in [2.24, 2.45) is 0 Å². The Kier molecular flexibility index (Phi) is 8.56. The van der Waals surface area contributed by atoms with Crippen molar-refractivity contribution in [3.05, 3.63) is 230 Å². The molecule has 5 nitrogen and oxygen atoms in total. The zero-order chi connectivity index (χ0) is 41.0. The highest BCUT2D eigenvalue weighted by Crippen LogP contribution is 2.50. The predicted molar refractivity (Wildman–Crippen MR) is 255 cm³/mol. The van der Waals surface area contributed by atoms with Gasteiger partial charge in [-0.3, -0.25) is 4.57 Å². The Balaban J connectivity index is 1.08. The summed E-state index contributed by atoms with van der Waals surface area (Å²) < 4.78 is 2.23. The molecule has 0 saturated heterocycles. The SMILES string of the molecule is C1=CC2c3ccccc3N(c3ccc(-c4ccccc4)cc3-c3cccc(-c4nc(-c5ccccc5)nc(-n5c6ccccc6c6cccc(-c7ccccc7)c65)n4)c3)C2C=C1. The zero-order valence-electron chi connectivity index (χ0n) is 33.8. The molecule has 0 N–H and O–H groups in total. The Morgan fingerprint density at radius 1 is 0.387 bits per heavy atom. The van der Waals surface area contributed by atoms with Crippen LogP contribution < -0.4 is 4.90 Å². The van der Waals surface area contributed by atoms with Crippen LogP contribution in [0.4, 0.5) is 11.4 Å².